The predicted octanol–water partition coefficient (Wildman–Crippen LogP) is 1.67. The Morgan fingerprint density at radius 3 is 2.44 bits per heavy atom. The number of hydrogen-bond donors (Lipinski definition) is 0. The molecule has 0 N–H and O–H groups in total. The van der Waals surface area contributed by atoms with Gasteiger partial charge in [-0.25, -0.2) is 0 Å². The molecule has 2 nitrogen and oxygen atoms in total. The van der Waals surface area contributed by atoms with Crippen LogP contribution in [-0.4, -0.2) is 5.16 Å². The van der Waals surface area contributed by atoms with E-state index in [-0.39, 0.29) is 0 Å². The van der Waals surface area contributed by atoms with Gasteiger partial charge in [-0.3, -0.25) is 0 Å². The van der Waals surface area contributed by atoms with Crippen LogP contribution in [0.4, 0.5) is 0 Å². The number of aryl methyl sites for hydroxylation is 1. The summed E-state index contributed by atoms with van der Waals surface area (Å²) in [5.74, 6) is 0.896. The van der Waals surface area contributed by atoms with E-state index in [1.165, 1.54) is 0 Å². The van der Waals surface area contributed by atoms with Crippen LogP contribution in [0, 0.1) is 20.8 Å². The summed E-state index contributed by atoms with van der Waals surface area (Å²) in [6.07, 6.45) is 0.687. The van der Waals surface area contributed by atoms with Gasteiger partial charge in [-0.2, -0.15) is 0 Å². The van der Waals surface area contributed by atoms with Crippen molar-refractivity contribution in [2.45, 2.75) is 20.3 Å². The topological polar surface area (TPSA) is 26.0 Å². The molecule has 1 rings (SSSR count). The van der Waals surface area contributed by atoms with Crippen LogP contribution in [0.25, 0.3) is 0 Å². The molecular weight excluding hydrogens is 114 g/mol. The van der Waals surface area contributed by atoms with Crippen LogP contribution in [0.3, 0.4) is 0 Å². The first-order chi connectivity index (χ1) is 4.25. The molecule has 0 aliphatic heterocycles. The molecule has 0 saturated carbocycles. The maximum atomic E-state index is 4.93. The van der Waals surface area contributed by atoms with E-state index in [9.17, 15) is 0 Å². The third-order valence-corrected chi connectivity index (χ3v) is 1.48. The van der Waals surface area contributed by atoms with E-state index in [2.05, 4.69) is 12.1 Å². The minimum Gasteiger partial charge on any atom is -0.361 e. The summed E-state index contributed by atoms with van der Waals surface area (Å²) < 4.78 is 4.93. The summed E-state index contributed by atoms with van der Waals surface area (Å²) in [6.45, 7) is 7.62. The van der Waals surface area contributed by atoms with Gasteiger partial charge in [-0.1, -0.05) is 5.16 Å². The normalized spacial score (nSPS) is 10.1. The largest absolute Gasteiger partial charge is 0.361 e. The molecule has 0 aromatic carbocycles. The zero-order valence-electron chi connectivity index (χ0n) is 5.77. The summed E-state index contributed by atoms with van der Waals surface area (Å²) in [4.78, 5) is 0. The lowest BCUT2D eigenvalue weighted by atomic mass is 10.2. The summed E-state index contributed by atoms with van der Waals surface area (Å²) in [7, 11) is 0. The Bertz CT molecular complexity index is 203. The van der Waals surface area contributed by atoms with Crippen LogP contribution in [0.1, 0.15) is 17.0 Å². The second-order valence-corrected chi connectivity index (χ2v) is 2.07. The van der Waals surface area contributed by atoms with Crippen LogP contribution >= 0.6 is 0 Å². The lowest BCUT2D eigenvalue weighted by Crippen LogP contribution is -1.79. The van der Waals surface area contributed by atoms with E-state index in [1.54, 1.807) is 0 Å². The molecule has 0 atom stereocenters. The highest BCUT2D eigenvalue weighted by Crippen LogP contribution is 2.10. The fourth-order valence-corrected chi connectivity index (χ4v) is 0.695. The fourth-order valence-electron chi connectivity index (χ4n) is 0.695. The standard InChI is InChI=1S/C7H10NO/c1-4-7-5(2)6(3)8-9-7/h1,4H2,2-3H3. The monoisotopic (exact) mass is 124 g/mol. The minimum atomic E-state index is 0.687. The van der Waals surface area contributed by atoms with Crippen molar-refractivity contribution in [1.82, 2.24) is 5.16 Å². The zero-order chi connectivity index (χ0) is 6.85. The Labute approximate surface area is 54.9 Å². The van der Waals surface area contributed by atoms with Crippen LogP contribution in [0.2, 0.25) is 0 Å². The molecule has 9 heavy (non-hydrogen) atoms. The minimum absolute atomic E-state index is 0.687. The highest BCUT2D eigenvalue weighted by molar-refractivity contribution is 5.19. The van der Waals surface area contributed by atoms with Crippen LogP contribution in [0.15, 0.2) is 4.52 Å². The maximum Gasteiger partial charge on any atom is 0.139 e. The molecule has 0 aliphatic carbocycles. The summed E-state index contributed by atoms with van der Waals surface area (Å²) in [5.41, 5.74) is 2.10. The Hall–Kier alpha value is -0.790. The van der Waals surface area contributed by atoms with Crippen molar-refractivity contribution in [1.29, 1.82) is 0 Å². The number of aromatic nitrogens is 1. The quantitative estimate of drug-likeness (QED) is 0.569. The molecule has 0 bridgehead atoms. The lowest BCUT2D eigenvalue weighted by Gasteiger charge is -1.86. The Kier molecular flexibility index (Phi) is 1.56. The maximum absolute atomic E-state index is 4.93. The lowest BCUT2D eigenvalue weighted by molar-refractivity contribution is 0.385. The summed E-state index contributed by atoms with van der Waals surface area (Å²) in [6, 6.07) is 0. The molecule has 49 valence electrons. The Morgan fingerprint density at radius 1 is 1.56 bits per heavy atom. The highest BCUT2D eigenvalue weighted by atomic mass is 16.5. The van der Waals surface area contributed by atoms with Crippen LogP contribution in [0.5, 0.6) is 0 Å². The van der Waals surface area contributed by atoms with Gasteiger partial charge in [0.25, 0.3) is 0 Å². The van der Waals surface area contributed by atoms with Crippen molar-refractivity contribution < 1.29 is 4.52 Å². The summed E-state index contributed by atoms with van der Waals surface area (Å²) in [5, 5.41) is 3.77. The van der Waals surface area contributed by atoms with Crippen molar-refractivity contribution in [3.63, 3.8) is 0 Å². The zero-order valence-corrected chi connectivity index (χ0v) is 5.77. The third kappa shape index (κ3) is 0.969. The Balaban J connectivity index is 3.04. The molecule has 0 saturated heterocycles. The van der Waals surface area contributed by atoms with Crippen molar-refractivity contribution in [2.75, 3.05) is 0 Å². The van der Waals surface area contributed by atoms with Gasteiger partial charge in [-0.15, -0.1) is 0 Å². The molecular formula is C7H10NO. The molecule has 1 radical (unpaired) electrons. The van der Waals surface area contributed by atoms with Crippen molar-refractivity contribution in [2.24, 2.45) is 0 Å². The van der Waals surface area contributed by atoms with E-state index in [0.29, 0.717) is 6.42 Å². The first-order valence-electron chi connectivity index (χ1n) is 2.96. The van der Waals surface area contributed by atoms with Crippen molar-refractivity contribution >= 4 is 0 Å². The van der Waals surface area contributed by atoms with E-state index in [1.807, 2.05) is 13.8 Å². The number of nitrogens with zero attached hydrogens (tertiary/aromatic N) is 1. The van der Waals surface area contributed by atoms with Gasteiger partial charge in [0.15, 0.2) is 0 Å². The second-order valence-electron chi connectivity index (χ2n) is 2.07. The SMILES string of the molecule is [CH2]Cc1onc(C)c1C. The average molecular weight is 124 g/mol. The van der Waals surface area contributed by atoms with Gasteiger partial charge < -0.3 is 4.52 Å². The van der Waals surface area contributed by atoms with Crippen molar-refractivity contribution in [3.05, 3.63) is 23.9 Å². The fraction of sp³-hybridized carbons (Fsp3) is 0.429. The Morgan fingerprint density at radius 2 is 2.22 bits per heavy atom. The third-order valence-electron chi connectivity index (χ3n) is 1.48. The van der Waals surface area contributed by atoms with E-state index in [0.717, 1.165) is 17.0 Å². The molecule has 1 aromatic rings. The molecule has 1 heterocycles. The van der Waals surface area contributed by atoms with Gasteiger partial charge in [0, 0.05) is 12.0 Å². The number of rotatable bonds is 1. The van der Waals surface area contributed by atoms with E-state index in [4.69, 9.17) is 4.52 Å². The van der Waals surface area contributed by atoms with E-state index >= 15 is 0 Å². The number of hydrogen-bond acceptors (Lipinski definition) is 2. The molecule has 0 fully saturated rings. The first-order valence-corrected chi connectivity index (χ1v) is 2.96. The van der Waals surface area contributed by atoms with Crippen molar-refractivity contribution in [3.8, 4) is 0 Å². The predicted molar refractivity (Wildman–Crippen MR) is 35.0 cm³/mol. The van der Waals surface area contributed by atoms with Crippen LogP contribution < -0.4 is 0 Å². The van der Waals surface area contributed by atoms with Crippen LogP contribution in [-0.2, 0) is 6.42 Å². The molecule has 0 spiro atoms. The molecule has 0 amide bonds. The smallest absolute Gasteiger partial charge is 0.139 e. The molecule has 0 aliphatic rings. The second kappa shape index (κ2) is 2.21. The van der Waals surface area contributed by atoms with Gasteiger partial charge >= 0.3 is 0 Å². The van der Waals surface area contributed by atoms with Gasteiger partial charge in [0.2, 0.25) is 0 Å². The average Bonchev–Trinajstić information content (AvgIpc) is 2.15. The molecule has 2 heteroatoms. The summed E-state index contributed by atoms with van der Waals surface area (Å²) >= 11 is 0. The first kappa shape index (κ1) is 6.33. The van der Waals surface area contributed by atoms with E-state index < -0.39 is 0 Å². The van der Waals surface area contributed by atoms with Gasteiger partial charge in [0.1, 0.15) is 5.76 Å². The molecule has 0 unspecified atom stereocenters. The van der Waals surface area contributed by atoms with Gasteiger partial charge in [0.05, 0.1) is 5.69 Å². The highest BCUT2D eigenvalue weighted by Gasteiger charge is 2.03. The molecule has 1 aromatic heterocycles. The van der Waals surface area contributed by atoms with Gasteiger partial charge in [-0.05, 0) is 20.8 Å².